The monoisotopic (exact) mass is 282 g/mol. The minimum absolute atomic E-state index is 0.190. The van der Waals surface area contributed by atoms with Crippen molar-refractivity contribution < 1.29 is 17.9 Å². The highest BCUT2D eigenvalue weighted by Crippen LogP contribution is 2.29. The van der Waals surface area contributed by atoms with Crippen molar-refractivity contribution in [2.75, 3.05) is 12.4 Å². The lowest BCUT2D eigenvalue weighted by atomic mass is 10.2. The molecule has 0 bridgehead atoms. The molecule has 0 radical (unpaired) electrons. The molecule has 0 saturated carbocycles. The predicted octanol–water partition coefficient (Wildman–Crippen LogP) is 3.72. The quantitative estimate of drug-likeness (QED) is 0.928. The van der Waals surface area contributed by atoms with Crippen LogP contribution >= 0.6 is 0 Å². The molecule has 0 amide bonds. The lowest BCUT2D eigenvalue weighted by Crippen LogP contribution is -2.07. The standard InChI is InChI=1S/C14H13F3N2O/c1-20-12-4-2-10(3-5-12)9-19-13-8-11(6-7-18-13)14(15,16)17/h2-8H,9H2,1H3,(H,18,19). The number of anilines is 1. The van der Waals surface area contributed by atoms with Crippen molar-refractivity contribution in [3.8, 4) is 5.75 Å². The van der Waals surface area contributed by atoms with Crippen LogP contribution in [0.5, 0.6) is 5.75 Å². The number of hydrogen-bond acceptors (Lipinski definition) is 3. The number of nitrogens with zero attached hydrogens (tertiary/aromatic N) is 1. The van der Waals surface area contributed by atoms with E-state index in [0.717, 1.165) is 29.6 Å². The van der Waals surface area contributed by atoms with Gasteiger partial charge in [0, 0.05) is 12.7 Å². The maximum Gasteiger partial charge on any atom is 0.416 e. The van der Waals surface area contributed by atoms with Crippen LogP contribution in [0.4, 0.5) is 19.0 Å². The van der Waals surface area contributed by atoms with Crippen LogP contribution < -0.4 is 10.1 Å². The number of nitrogens with one attached hydrogen (secondary N) is 1. The second-order valence-corrected chi connectivity index (χ2v) is 4.13. The van der Waals surface area contributed by atoms with Crippen molar-refractivity contribution in [2.24, 2.45) is 0 Å². The smallest absolute Gasteiger partial charge is 0.416 e. The van der Waals surface area contributed by atoms with Crippen molar-refractivity contribution in [1.29, 1.82) is 0 Å². The minimum Gasteiger partial charge on any atom is -0.497 e. The van der Waals surface area contributed by atoms with E-state index in [1.54, 1.807) is 19.2 Å². The maximum atomic E-state index is 12.5. The molecule has 6 heteroatoms. The third-order valence-corrected chi connectivity index (χ3v) is 2.72. The van der Waals surface area contributed by atoms with Gasteiger partial charge in [-0.25, -0.2) is 4.98 Å². The van der Waals surface area contributed by atoms with Gasteiger partial charge in [0.25, 0.3) is 0 Å². The number of hydrogen-bond donors (Lipinski definition) is 1. The predicted molar refractivity (Wildman–Crippen MR) is 69.6 cm³/mol. The Labute approximate surface area is 114 Å². The fourth-order valence-electron chi connectivity index (χ4n) is 1.64. The van der Waals surface area contributed by atoms with Crippen molar-refractivity contribution >= 4 is 5.82 Å². The van der Waals surface area contributed by atoms with Gasteiger partial charge in [-0.1, -0.05) is 12.1 Å². The average Bonchev–Trinajstić information content (AvgIpc) is 2.45. The van der Waals surface area contributed by atoms with Crippen LogP contribution in [0.3, 0.4) is 0 Å². The molecular formula is C14H13F3N2O. The number of aromatic nitrogens is 1. The number of pyridine rings is 1. The highest BCUT2D eigenvalue weighted by Gasteiger charge is 2.30. The SMILES string of the molecule is COc1ccc(CNc2cc(C(F)(F)F)ccn2)cc1. The zero-order valence-electron chi connectivity index (χ0n) is 10.7. The van der Waals surface area contributed by atoms with Gasteiger partial charge in [-0.15, -0.1) is 0 Å². The minimum atomic E-state index is -4.36. The number of rotatable bonds is 4. The van der Waals surface area contributed by atoms with Crippen molar-refractivity contribution in [1.82, 2.24) is 4.98 Å². The Morgan fingerprint density at radius 2 is 1.85 bits per heavy atom. The van der Waals surface area contributed by atoms with Gasteiger partial charge in [-0.3, -0.25) is 0 Å². The summed E-state index contributed by atoms with van der Waals surface area (Å²) in [6.07, 6.45) is -3.22. The number of alkyl halides is 3. The zero-order chi connectivity index (χ0) is 14.6. The van der Waals surface area contributed by atoms with Crippen LogP contribution in [0.2, 0.25) is 0 Å². The maximum absolute atomic E-state index is 12.5. The first-order chi connectivity index (χ1) is 9.49. The summed E-state index contributed by atoms with van der Waals surface area (Å²) in [7, 11) is 1.57. The van der Waals surface area contributed by atoms with E-state index in [1.165, 1.54) is 0 Å². The fraction of sp³-hybridized carbons (Fsp3) is 0.214. The molecule has 20 heavy (non-hydrogen) atoms. The number of methoxy groups -OCH3 is 1. The molecule has 1 N–H and O–H groups in total. The highest BCUT2D eigenvalue weighted by atomic mass is 19.4. The van der Waals surface area contributed by atoms with Gasteiger partial charge in [-0.2, -0.15) is 13.2 Å². The molecule has 0 spiro atoms. The number of benzene rings is 1. The Morgan fingerprint density at radius 3 is 2.45 bits per heavy atom. The molecule has 0 fully saturated rings. The van der Waals surface area contributed by atoms with Gasteiger partial charge in [0.2, 0.25) is 0 Å². The van der Waals surface area contributed by atoms with E-state index in [1.807, 2.05) is 12.1 Å². The summed E-state index contributed by atoms with van der Waals surface area (Å²) in [6, 6.07) is 9.17. The molecule has 0 saturated heterocycles. The molecule has 0 aliphatic rings. The summed E-state index contributed by atoms with van der Waals surface area (Å²) in [5.41, 5.74) is 0.203. The number of halogens is 3. The number of ether oxygens (including phenoxy) is 1. The van der Waals surface area contributed by atoms with Crippen molar-refractivity contribution in [2.45, 2.75) is 12.7 Å². The molecule has 2 rings (SSSR count). The van der Waals surface area contributed by atoms with Crippen LogP contribution in [0.1, 0.15) is 11.1 Å². The second kappa shape index (κ2) is 5.81. The molecule has 1 heterocycles. The van der Waals surface area contributed by atoms with E-state index < -0.39 is 11.7 Å². The van der Waals surface area contributed by atoms with E-state index in [4.69, 9.17) is 4.74 Å². The lowest BCUT2D eigenvalue weighted by molar-refractivity contribution is -0.137. The van der Waals surface area contributed by atoms with E-state index in [-0.39, 0.29) is 5.82 Å². The Hall–Kier alpha value is -2.24. The largest absolute Gasteiger partial charge is 0.497 e. The van der Waals surface area contributed by atoms with Gasteiger partial charge in [-0.05, 0) is 29.8 Å². The zero-order valence-corrected chi connectivity index (χ0v) is 10.7. The van der Waals surface area contributed by atoms with Crippen LogP contribution in [-0.4, -0.2) is 12.1 Å². The fourth-order valence-corrected chi connectivity index (χ4v) is 1.64. The average molecular weight is 282 g/mol. The molecule has 0 unspecified atom stereocenters. The topological polar surface area (TPSA) is 34.1 Å². The molecule has 0 atom stereocenters. The molecular weight excluding hydrogens is 269 g/mol. The van der Waals surface area contributed by atoms with Crippen LogP contribution in [0, 0.1) is 0 Å². The third kappa shape index (κ3) is 3.63. The summed E-state index contributed by atoms with van der Waals surface area (Å²) in [6.45, 7) is 0.387. The first-order valence-corrected chi connectivity index (χ1v) is 5.89. The Balaban J connectivity index is 2.03. The van der Waals surface area contributed by atoms with E-state index in [0.29, 0.717) is 6.54 Å². The third-order valence-electron chi connectivity index (χ3n) is 2.72. The Morgan fingerprint density at radius 1 is 1.15 bits per heavy atom. The summed E-state index contributed by atoms with van der Waals surface area (Å²) in [4.78, 5) is 3.87. The second-order valence-electron chi connectivity index (χ2n) is 4.13. The first kappa shape index (κ1) is 14.2. The van der Waals surface area contributed by atoms with Crippen molar-refractivity contribution in [3.05, 3.63) is 53.7 Å². The molecule has 0 aliphatic heterocycles. The first-order valence-electron chi connectivity index (χ1n) is 5.89. The molecule has 0 aliphatic carbocycles. The van der Waals surface area contributed by atoms with E-state index in [9.17, 15) is 13.2 Å². The molecule has 1 aromatic carbocycles. The van der Waals surface area contributed by atoms with Crippen molar-refractivity contribution in [3.63, 3.8) is 0 Å². The molecule has 2 aromatic rings. The van der Waals surface area contributed by atoms with Crippen LogP contribution in [0.25, 0.3) is 0 Å². The molecule has 1 aromatic heterocycles. The summed E-state index contributed by atoms with van der Waals surface area (Å²) >= 11 is 0. The van der Waals surface area contributed by atoms with Gasteiger partial charge < -0.3 is 10.1 Å². The normalized spacial score (nSPS) is 11.2. The summed E-state index contributed by atoms with van der Waals surface area (Å²) in [5, 5.41) is 2.86. The molecule has 3 nitrogen and oxygen atoms in total. The van der Waals surface area contributed by atoms with Gasteiger partial charge in [0.1, 0.15) is 11.6 Å². The highest BCUT2D eigenvalue weighted by molar-refractivity contribution is 5.40. The Kier molecular flexibility index (Phi) is 4.12. The summed E-state index contributed by atoms with van der Waals surface area (Å²) in [5.74, 6) is 0.918. The van der Waals surface area contributed by atoms with Crippen LogP contribution in [-0.2, 0) is 12.7 Å². The van der Waals surface area contributed by atoms with Gasteiger partial charge in [0.15, 0.2) is 0 Å². The van der Waals surface area contributed by atoms with Crippen LogP contribution in [0.15, 0.2) is 42.6 Å². The van der Waals surface area contributed by atoms with E-state index in [2.05, 4.69) is 10.3 Å². The Bertz CT molecular complexity index is 567. The van der Waals surface area contributed by atoms with Gasteiger partial charge in [0.05, 0.1) is 12.7 Å². The lowest BCUT2D eigenvalue weighted by Gasteiger charge is -2.10. The van der Waals surface area contributed by atoms with Gasteiger partial charge >= 0.3 is 6.18 Å². The molecule has 106 valence electrons. The van der Waals surface area contributed by atoms with E-state index >= 15 is 0 Å². The summed E-state index contributed by atoms with van der Waals surface area (Å²) < 4.78 is 42.7.